The summed E-state index contributed by atoms with van der Waals surface area (Å²) in [5.74, 6) is 0.336. The molecule has 0 spiro atoms. The molecule has 2 aromatic rings. The molecule has 0 saturated heterocycles. The zero-order chi connectivity index (χ0) is 13.8. The quantitative estimate of drug-likeness (QED) is 0.936. The molecule has 2 rings (SSSR count). The van der Waals surface area contributed by atoms with Crippen LogP contribution in [0.25, 0.3) is 11.3 Å². The second-order valence-electron chi connectivity index (χ2n) is 3.89. The molecule has 0 unspecified atom stereocenters. The van der Waals surface area contributed by atoms with Gasteiger partial charge >= 0.3 is 0 Å². The molecule has 0 aliphatic heterocycles. The van der Waals surface area contributed by atoms with Gasteiger partial charge in [-0.3, -0.25) is 0 Å². The van der Waals surface area contributed by atoms with Gasteiger partial charge in [0.2, 0.25) is 0 Å². The van der Waals surface area contributed by atoms with Crippen LogP contribution in [0.1, 0.15) is 12.7 Å². The fourth-order valence-corrected chi connectivity index (χ4v) is 1.85. The van der Waals surface area contributed by atoms with Gasteiger partial charge in [0.05, 0.1) is 5.69 Å². The van der Waals surface area contributed by atoms with Gasteiger partial charge in [0.1, 0.15) is 18.2 Å². The summed E-state index contributed by atoms with van der Waals surface area (Å²) in [6.07, 6.45) is 0. The molecule has 19 heavy (non-hydrogen) atoms. The molecule has 100 valence electrons. The molecule has 2 N–H and O–H groups in total. The van der Waals surface area contributed by atoms with Crippen molar-refractivity contribution in [3.8, 4) is 11.3 Å². The first-order chi connectivity index (χ1) is 9.08. The summed E-state index contributed by atoms with van der Waals surface area (Å²) in [5, 5.41) is 0.304. The minimum absolute atomic E-state index is 0.261. The predicted octanol–water partition coefficient (Wildman–Crippen LogP) is 3.05. The Morgan fingerprint density at radius 2 is 2.05 bits per heavy atom. The van der Waals surface area contributed by atoms with Gasteiger partial charge in [-0.1, -0.05) is 11.6 Å². The van der Waals surface area contributed by atoms with Crippen molar-refractivity contribution >= 4 is 17.4 Å². The van der Waals surface area contributed by atoms with Crippen LogP contribution in [0.5, 0.6) is 0 Å². The molecule has 0 bridgehead atoms. The van der Waals surface area contributed by atoms with Crippen molar-refractivity contribution in [3.63, 3.8) is 0 Å². The van der Waals surface area contributed by atoms with Crippen LogP contribution in [0.4, 0.5) is 10.2 Å². The molecule has 0 fully saturated rings. The first-order valence-corrected chi connectivity index (χ1v) is 6.14. The summed E-state index contributed by atoms with van der Waals surface area (Å²) in [4.78, 5) is 8.34. The normalized spacial score (nSPS) is 10.7. The third-order valence-corrected chi connectivity index (χ3v) is 2.60. The molecule has 1 heterocycles. The maximum absolute atomic E-state index is 13.3. The number of halogens is 2. The smallest absolute Gasteiger partial charge is 0.157 e. The fourth-order valence-electron chi connectivity index (χ4n) is 1.63. The van der Waals surface area contributed by atoms with E-state index >= 15 is 0 Å². The number of rotatable bonds is 4. The lowest BCUT2D eigenvalue weighted by Crippen LogP contribution is -2.03. The highest BCUT2D eigenvalue weighted by molar-refractivity contribution is 6.30. The highest BCUT2D eigenvalue weighted by Gasteiger charge is 2.07. The van der Waals surface area contributed by atoms with Crippen LogP contribution in [-0.4, -0.2) is 16.6 Å². The van der Waals surface area contributed by atoms with Crippen LogP contribution >= 0.6 is 11.6 Å². The summed E-state index contributed by atoms with van der Waals surface area (Å²) in [7, 11) is 0. The van der Waals surface area contributed by atoms with Crippen LogP contribution in [0.15, 0.2) is 24.3 Å². The van der Waals surface area contributed by atoms with Crippen molar-refractivity contribution in [1.29, 1.82) is 0 Å². The number of nitrogens with two attached hydrogens (primary N) is 1. The molecule has 0 saturated carbocycles. The lowest BCUT2D eigenvalue weighted by atomic mass is 10.1. The molecular weight excluding hydrogens is 269 g/mol. The Labute approximate surface area is 115 Å². The molecule has 0 amide bonds. The van der Waals surface area contributed by atoms with Crippen molar-refractivity contribution in [1.82, 2.24) is 9.97 Å². The molecule has 1 aromatic heterocycles. The number of nitrogen functional groups attached to an aromatic ring is 1. The van der Waals surface area contributed by atoms with Crippen LogP contribution in [0.3, 0.4) is 0 Å². The average molecular weight is 282 g/mol. The van der Waals surface area contributed by atoms with E-state index in [0.717, 1.165) is 0 Å². The summed E-state index contributed by atoms with van der Waals surface area (Å²) in [5.41, 5.74) is 6.78. The number of aromatic nitrogens is 2. The van der Waals surface area contributed by atoms with Gasteiger partial charge in [-0.15, -0.1) is 0 Å². The number of benzene rings is 1. The Morgan fingerprint density at radius 1 is 1.26 bits per heavy atom. The van der Waals surface area contributed by atoms with E-state index < -0.39 is 5.82 Å². The van der Waals surface area contributed by atoms with Crippen LogP contribution < -0.4 is 5.73 Å². The molecule has 4 nitrogen and oxygen atoms in total. The minimum atomic E-state index is -0.425. The lowest BCUT2D eigenvalue weighted by Gasteiger charge is -2.07. The third kappa shape index (κ3) is 3.62. The zero-order valence-corrected chi connectivity index (χ0v) is 11.1. The van der Waals surface area contributed by atoms with Gasteiger partial charge in [0.15, 0.2) is 5.82 Å². The number of nitrogens with zero attached hydrogens (tertiary/aromatic N) is 2. The maximum atomic E-state index is 13.3. The first-order valence-electron chi connectivity index (χ1n) is 5.76. The number of hydrogen-bond acceptors (Lipinski definition) is 4. The Morgan fingerprint density at radius 3 is 2.74 bits per heavy atom. The van der Waals surface area contributed by atoms with Crippen molar-refractivity contribution in [2.75, 3.05) is 12.3 Å². The summed E-state index contributed by atoms with van der Waals surface area (Å²) >= 11 is 5.82. The average Bonchev–Trinajstić information content (AvgIpc) is 2.34. The van der Waals surface area contributed by atoms with E-state index in [1.807, 2.05) is 6.92 Å². The van der Waals surface area contributed by atoms with Crippen LogP contribution in [-0.2, 0) is 11.3 Å². The van der Waals surface area contributed by atoms with E-state index in [1.54, 1.807) is 12.1 Å². The van der Waals surface area contributed by atoms with E-state index in [9.17, 15) is 4.39 Å². The Hall–Kier alpha value is -1.72. The fraction of sp³-hybridized carbons (Fsp3) is 0.231. The summed E-state index contributed by atoms with van der Waals surface area (Å²) < 4.78 is 18.6. The maximum Gasteiger partial charge on any atom is 0.157 e. The van der Waals surface area contributed by atoms with Gasteiger partial charge < -0.3 is 10.5 Å². The van der Waals surface area contributed by atoms with Crippen molar-refractivity contribution in [2.45, 2.75) is 13.5 Å². The lowest BCUT2D eigenvalue weighted by molar-refractivity contribution is 0.128. The predicted molar refractivity (Wildman–Crippen MR) is 72.2 cm³/mol. The van der Waals surface area contributed by atoms with E-state index in [-0.39, 0.29) is 6.61 Å². The minimum Gasteiger partial charge on any atom is -0.384 e. The number of hydrogen-bond donors (Lipinski definition) is 1. The highest BCUT2D eigenvalue weighted by atomic mass is 35.5. The molecule has 0 radical (unpaired) electrons. The monoisotopic (exact) mass is 281 g/mol. The largest absolute Gasteiger partial charge is 0.384 e. The standard InChI is InChI=1S/C13H13ClFN3O/c1-2-19-7-13-17-11(6-12(16)18-13)8-3-9(14)5-10(15)4-8/h3-6H,2,7H2,1H3,(H2,16,17,18). The first kappa shape index (κ1) is 13.7. The molecule has 0 aliphatic carbocycles. The molecule has 1 aromatic carbocycles. The van der Waals surface area contributed by atoms with E-state index in [2.05, 4.69) is 9.97 Å². The Bertz CT molecular complexity index is 572. The molecule has 6 heteroatoms. The number of ether oxygens (including phenoxy) is 1. The van der Waals surface area contributed by atoms with Gasteiger partial charge in [-0.25, -0.2) is 14.4 Å². The second kappa shape index (κ2) is 5.95. The van der Waals surface area contributed by atoms with Crippen molar-refractivity contribution in [2.24, 2.45) is 0 Å². The van der Waals surface area contributed by atoms with E-state index in [0.29, 0.717) is 34.5 Å². The Balaban J connectivity index is 2.40. The SMILES string of the molecule is CCOCc1nc(N)cc(-c2cc(F)cc(Cl)c2)n1. The third-order valence-electron chi connectivity index (χ3n) is 2.39. The number of anilines is 1. The van der Waals surface area contributed by atoms with Gasteiger partial charge in [-0.2, -0.15) is 0 Å². The van der Waals surface area contributed by atoms with Gasteiger partial charge in [0, 0.05) is 23.3 Å². The van der Waals surface area contributed by atoms with Gasteiger partial charge in [0.25, 0.3) is 0 Å². The van der Waals surface area contributed by atoms with E-state index in [4.69, 9.17) is 22.1 Å². The van der Waals surface area contributed by atoms with Crippen LogP contribution in [0.2, 0.25) is 5.02 Å². The highest BCUT2D eigenvalue weighted by Crippen LogP contribution is 2.24. The van der Waals surface area contributed by atoms with Gasteiger partial charge in [-0.05, 0) is 25.1 Å². The molecule has 0 atom stereocenters. The Kier molecular flexibility index (Phi) is 4.29. The molecular formula is C13H13ClFN3O. The van der Waals surface area contributed by atoms with Crippen LogP contribution in [0, 0.1) is 5.82 Å². The summed E-state index contributed by atoms with van der Waals surface area (Å²) in [6, 6.07) is 5.77. The topological polar surface area (TPSA) is 61.0 Å². The van der Waals surface area contributed by atoms with E-state index in [1.165, 1.54) is 12.1 Å². The zero-order valence-electron chi connectivity index (χ0n) is 10.4. The molecule has 0 aliphatic rings. The van der Waals surface area contributed by atoms with Crippen molar-refractivity contribution < 1.29 is 9.13 Å². The second-order valence-corrected chi connectivity index (χ2v) is 4.33. The summed E-state index contributed by atoms with van der Waals surface area (Å²) in [6.45, 7) is 2.69. The van der Waals surface area contributed by atoms with Crippen molar-refractivity contribution in [3.05, 3.63) is 40.9 Å².